The summed E-state index contributed by atoms with van der Waals surface area (Å²) in [6.07, 6.45) is 3.33. The maximum Gasteiger partial charge on any atom is 0.336 e. The number of rotatable bonds is 13. The number of ether oxygens (including phenoxy) is 1. The molecule has 0 unspecified atom stereocenters. The summed E-state index contributed by atoms with van der Waals surface area (Å²) in [5.74, 6) is -5.02. The third-order valence-corrected chi connectivity index (χ3v) is 9.08. The Morgan fingerprint density at radius 3 is 2.20 bits per heavy atom. The number of carboxylic acid groups (broad SMARTS) is 3. The third kappa shape index (κ3) is 9.59. The van der Waals surface area contributed by atoms with Crippen LogP contribution in [0.1, 0.15) is 73.0 Å². The van der Waals surface area contributed by atoms with E-state index >= 15 is 0 Å². The molecule has 2 aromatic rings. The van der Waals surface area contributed by atoms with Gasteiger partial charge in [-0.25, -0.2) is 4.79 Å². The molecule has 0 amide bonds. The van der Waals surface area contributed by atoms with Crippen LogP contribution in [-0.2, 0) is 31.1 Å². The first-order valence-corrected chi connectivity index (χ1v) is 14.6. The lowest BCUT2D eigenvalue weighted by Gasteiger charge is -2.38. The molecule has 4 N–H and O–H groups in total. The molecule has 0 aliphatic carbocycles. The molecule has 228 valence electrons. The fourth-order valence-electron chi connectivity index (χ4n) is 5.01. The number of hydrogen-bond donors (Lipinski definition) is 4. The highest BCUT2D eigenvalue weighted by Crippen LogP contribution is 2.42. The summed E-state index contributed by atoms with van der Waals surface area (Å²) < 4.78 is 5.98. The Kier molecular flexibility index (Phi) is 12.0. The van der Waals surface area contributed by atoms with Crippen LogP contribution in [0.3, 0.4) is 0 Å². The Hall–Kier alpha value is -2.86. The topological polar surface area (TPSA) is 157 Å². The molecule has 10 nitrogen and oxygen atoms in total. The number of carbonyl (C=O) groups is 3. The normalized spacial score (nSPS) is 17.6. The van der Waals surface area contributed by atoms with Crippen molar-refractivity contribution in [2.75, 3.05) is 26.3 Å². The number of thiophene rings is 1. The van der Waals surface area contributed by atoms with Gasteiger partial charge in [-0.1, -0.05) is 6.07 Å². The molecular formula is C30H44N2O8S. The highest BCUT2D eigenvalue weighted by Gasteiger charge is 2.44. The molecule has 0 bridgehead atoms. The van der Waals surface area contributed by atoms with Gasteiger partial charge in [-0.2, -0.15) is 0 Å². The summed E-state index contributed by atoms with van der Waals surface area (Å²) in [5, 5.41) is 33.8. The molecule has 0 radical (unpaired) electrons. The standard InChI is InChI=1S/C24H36N2OS.C6H8O7/c1-7-27-17-24(11-10-22-14-18(2)20(4)28-22)12-13-26(16-24)23(5,6)21-9-8-19(3)25-15-21;7-3(8)1-6(13,5(11)12)2-4(9)10/h8-9,14-15H,7,10-13,16-17H2,1-6H3;13H,1-2H2,(H,7,8)(H,9,10)(H,11,12)/t24-;/m1./s1. The van der Waals surface area contributed by atoms with E-state index in [9.17, 15) is 14.4 Å². The zero-order chi connectivity index (χ0) is 31.0. The quantitative estimate of drug-likeness (QED) is 0.262. The van der Waals surface area contributed by atoms with E-state index in [2.05, 4.69) is 68.9 Å². The first kappa shape index (κ1) is 34.3. The number of aromatic nitrogens is 1. The number of aliphatic carboxylic acids is 3. The van der Waals surface area contributed by atoms with Crippen LogP contribution in [0, 0.1) is 26.2 Å². The van der Waals surface area contributed by atoms with Crippen LogP contribution in [0.25, 0.3) is 0 Å². The van der Waals surface area contributed by atoms with Crippen molar-refractivity contribution in [1.82, 2.24) is 9.88 Å². The van der Waals surface area contributed by atoms with Gasteiger partial charge in [0.05, 0.1) is 19.4 Å². The second kappa shape index (κ2) is 14.4. The fourth-order valence-corrected chi connectivity index (χ4v) is 6.07. The Morgan fingerprint density at radius 2 is 1.73 bits per heavy atom. The van der Waals surface area contributed by atoms with Gasteiger partial charge in [-0.05, 0) is 90.6 Å². The number of hydrogen-bond acceptors (Lipinski definition) is 8. The molecule has 1 aliphatic heterocycles. The molecule has 3 heterocycles. The predicted octanol–water partition coefficient (Wildman–Crippen LogP) is 4.42. The zero-order valence-corrected chi connectivity index (χ0v) is 25.7. The van der Waals surface area contributed by atoms with E-state index in [-0.39, 0.29) is 11.0 Å². The Labute approximate surface area is 246 Å². The van der Waals surface area contributed by atoms with Crippen LogP contribution in [0.15, 0.2) is 24.4 Å². The van der Waals surface area contributed by atoms with E-state index < -0.39 is 36.4 Å². The first-order chi connectivity index (χ1) is 19.0. The first-order valence-electron chi connectivity index (χ1n) is 13.7. The fraction of sp³-hybridized carbons (Fsp3) is 0.600. The number of carboxylic acids is 3. The SMILES string of the molecule is CCOC[C@]1(CCc2cc(C)c(C)s2)CCN(C(C)(C)c2ccc(C)nc2)C1.O=C(O)CC(O)(CC(=O)O)C(=O)O. The van der Waals surface area contributed by atoms with Gasteiger partial charge in [0, 0.05) is 45.8 Å². The van der Waals surface area contributed by atoms with Gasteiger partial charge < -0.3 is 25.2 Å². The van der Waals surface area contributed by atoms with E-state index in [4.69, 9.17) is 25.2 Å². The zero-order valence-electron chi connectivity index (χ0n) is 24.9. The molecular weight excluding hydrogens is 548 g/mol. The number of pyridine rings is 1. The van der Waals surface area contributed by atoms with Crippen LogP contribution in [0.5, 0.6) is 0 Å². The molecule has 2 aromatic heterocycles. The minimum Gasteiger partial charge on any atom is -0.481 e. The second-order valence-electron chi connectivity index (χ2n) is 11.5. The van der Waals surface area contributed by atoms with Gasteiger partial charge in [0.1, 0.15) is 0 Å². The van der Waals surface area contributed by atoms with Gasteiger partial charge >= 0.3 is 17.9 Å². The van der Waals surface area contributed by atoms with Gasteiger partial charge in [0.15, 0.2) is 5.60 Å². The predicted molar refractivity (Wildman–Crippen MR) is 156 cm³/mol. The summed E-state index contributed by atoms with van der Waals surface area (Å²) in [6.45, 7) is 17.2. The molecule has 1 saturated heterocycles. The van der Waals surface area contributed by atoms with Gasteiger partial charge in [0.25, 0.3) is 0 Å². The maximum atomic E-state index is 10.3. The van der Waals surface area contributed by atoms with E-state index in [0.29, 0.717) is 0 Å². The number of nitrogens with zero attached hydrogens (tertiary/aromatic N) is 2. The van der Waals surface area contributed by atoms with Gasteiger partial charge in [0.2, 0.25) is 0 Å². The van der Waals surface area contributed by atoms with Crippen molar-refractivity contribution >= 4 is 29.2 Å². The summed E-state index contributed by atoms with van der Waals surface area (Å²) >= 11 is 1.96. The minimum absolute atomic E-state index is 0.00915. The van der Waals surface area contributed by atoms with E-state index in [1.165, 1.54) is 33.7 Å². The minimum atomic E-state index is -2.74. The van der Waals surface area contributed by atoms with Crippen molar-refractivity contribution in [1.29, 1.82) is 0 Å². The van der Waals surface area contributed by atoms with Crippen molar-refractivity contribution in [3.63, 3.8) is 0 Å². The lowest BCUT2D eigenvalue weighted by Crippen LogP contribution is -2.42. The van der Waals surface area contributed by atoms with Crippen molar-refractivity contribution in [3.05, 3.63) is 51.0 Å². The third-order valence-electron chi connectivity index (χ3n) is 7.86. The Bertz CT molecular complexity index is 1160. The average molecular weight is 593 g/mol. The van der Waals surface area contributed by atoms with Gasteiger partial charge in [-0.3, -0.25) is 19.5 Å². The highest BCUT2D eigenvalue weighted by atomic mass is 32.1. The number of aliphatic hydroxyl groups is 1. The number of aryl methyl sites for hydroxylation is 4. The van der Waals surface area contributed by atoms with E-state index in [1.807, 2.05) is 18.3 Å². The van der Waals surface area contributed by atoms with E-state index in [0.717, 1.165) is 38.4 Å². The monoisotopic (exact) mass is 592 g/mol. The van der Waals surface area contributed by atoms with Crippen LogP contribution in [-0.4, -0.2) is 80.1 Å². The molecule has 11 heteroatoms. The Morgan fingerprint density at radius 1 is 1.10 bits per heavy atom. The summed E-state index contributed by atoms with van der Waals surface area (Å²) in [7, 11) is 0. The highest BCUT2D eigenvalue weighted by molar-refractivity contribution is 7.12. The molecule has 3 rings (SSSR count). The van der Waals surface area contributed by atoms with Crippen molar-refractivity contribution in [3.8, 4) is 0 Å². The molecule has 0 saturated carbocycles. The average Bonchev–Trinajstić information content (AvgIpc) is 3.45. The molecule has 1 fully saturated rings. The van der Waals surface area contributed by atoms with Gasteiger partial charge in [-0.15, -0.1) is 11.3 Å². The summed E-state index contributed by atoms with van der Waals surface area (Å²) in [5.41, 5.74) is 1.31. The van der Waals surface area contributed by atoms with Crippen LogP contribution < -0.4 is 0 Å². The largest absolute Gasteiger partial charge is 0.481 e. The lowest BCUT2D eigenvalue weighted by atomic mass is 9.82. The van der Waals surface area contributed by atoms with Crippen LogP contribution >= 0.6 is 11.3 Å². The Balaban J connectivity index is 0.000000383. The molecule has 41 heavy (non-hydrogen) atoms. The van der Waals surface area contributed by atoms with E-state index in [1.54, 1.807) is 0 Å². The smallest absolute Gasteiger partial charge is 0.336 e. The summed E-state index contributed by atoms with van der Waals surface area (Å²) in [6, 6.07) is 6.74. The molecule has 0 spiro atoms. The molecule has 1 atom stereocenters. The molecule has 1 aliphatic rings. The van der Waals surface area contributed by atoms with Crippen LogP contribution in [0.2, 0.25) is 0 Å². The van der Waals surface area contributed by atoms with Crippen LogP contribution in [0.4, 0.5) is 0 Å². The molecule has 0 aromatic carbocycles. The van der Waals surface area contributed by atoms with Crippen molar-refractivity contribution in [2.24, 2.45) is 5.41 Å². The second-order valence-corrected chi connectivity index (χ2v) is 12.8. The van der Waals surface area contributed by atoms with Crippen molar-refractivity contribution in [2.45, 2.75) is 84.8 Å². The number of likely N-dealkylation sites (tertiary alicyclic amines) is 1. The summed E-state index contributed by atoms with van der Waals surface area (Å²) in [4.78, 5) is 40.6. The maximum absolute atomic E-state index is 10.3. The van der Waals surface area contributed by atoms with Crippen molar-refractivity contribution < 1.29 is 39.5 Å². The lowest BCUT2D eigenvalue weighted by molar-refractivity contribution is -0.170.